The van der Waals surface area contributed by atoms with Crippen LogP contribution in [0.3, 0.4) is 0 Å². The van der Waals surface area contributed by atoms with Gasteiger partial charge in [-0.15, -0.1) is 0 Å². The summed E-state index contributed by atoms with van der Waals surface area (Å²) in [6.07, 6.45) is 0.0132. The smallest absolute Gasteiger partial charge is 0.550 e. The Morgan fingerprint density at radius 2 is 1.04 bits per heavy atom. The summed E-state index contributed by atoms with van der Waals surface area (Å²) in [6.45, 7) is 3.77. The largest absolute Gasteiger partial charge is 2.00 e. The zero-order valence-electron chi connectivity index (χ0n) is 13.4. The molecule has 0 saturated carbocycles. The van der Waals surface area contributed by atoms with Crippen LogP contribution in [0.15, 0.2) is 48.5 Å². The molecule has 0 heterocycles. The molecule has 0 amide bonds. The van der Waals surface area contributed by atoms with E-state index in [1.165, 1.54) is 0 Å². The molecule has 0 aliphatic rings. The monoisotopic (exact) mass is 436 g/mol. The van der Waals surface area contributed by atoms with Crippen LogP contribution >= 0.6 is 0 Å². The van der Waals surface area contributed by atoms with E-state index >= 15 is 0 Å². The van der Waals surface area contributed by atoms with Gasteiger partial charge in [-0.1, -0.05) is 48.5 Å². The molecule has 0 bridgehead atoms. The first-order chi connectivity index (χ1) is 10.4. The van der Waals surface area contributed by atoms with Gasteiger partial charge in [-0.25, -0.2) is 0 Å². The first-order valence-corrected chi connectivity index (χ1v) is 6.89. The van der Waals surface area contributed by atoms with Crippen molar-refractivity contribution in [2.24, 2.45) is 0 Å². The third-order valence-corrected chi connectivity index (χ3v) is 3.19. The minimum atomic E-state index is -1.03. The van der Waals surface area contributed by atoms with Crippen LogP contribution in [0.5, 0.6) is 0 Å². The fourth-order valence-electron chi connectivity index (χ4n) is 1.93. The van der Waals surface area contributed by atoms with Gasteiger partial charge in [-0.05, 0) is 36.1 Å². The number of carbonyl (C=O) groups is 2. The van der Waals surface area contributed by atoms with Crippen molar-refractivity contribution < 1.29 is 19.8 Å². The van der Waals surface area contributed by atoms with Crippen molar-refractivity contribution in [3.63, 3.8) is 0 Å². The predicted octanol–water partition coefficient (Wildman–Crippen LogP) is 0.194. The fraction of sp³-hybridized carbons (Fsp3) is 0.222. The topological polar surface area (TPSA) is 80.3 Å². The maximum atomic E-state index is 10.2. The van der Waals surface area contributed by atoms with Gasteiger partial charge in [0.1, 0.15) is 0 Å². The van der Waals surface area contributed by atoms with Crippen LogP contribution in [0.25, 0.3) is 0 Å². The van der Waals surface area contributed by atoms with Gasteiger partial charge in [0.15, 0.2) is 0 Å². The molecule has 116 valence electrons. The summed E-state index contributed by atoms with van der Waals surface area (Å²) in [7, 11) is 0. The summed E-state index contributed by atoms with van der Waals surface area (Å²) >= 11 is 0. The Kier molecular flexibility index (Phi) is 11.0. The van der Waals surface area contributed by atoms with Gasteiger partial charge >= 0.3 is 48.9 Å². The van der Waals surface area contributed by atoms with E-state index in [1.807, 2.05) is 50.2 Å². The van der Waals surface area contributed by atoms with Crippen LogP contribution in [-0.4, -0.2) is 60.8 Å². The van der Waals surface area contributed by atoms with Crippen molar-refractivity contribution in [1.29, 1.82) is 0 Å². The Labute approximate surface area is 176 Å². The molecule has 23 heavy (non-hydrogen) atoms. The van der Waals surface area contributed by atoms with Gasteiger partial charge in [0.2, 0.25) is 0 Å². The summed E-state index contributed by atoms with van der Waals surface area (Å²) in [5.74, 6) is -2.06. The van der Waals surface area contributed by atoms with E-state index in [-0.39, 0.29) is 61.7 Å². The van der Waals surface area contributed by atoms with Gasteiger partial charge in [-0.2, -0.15) is 0 Å². The summed E-state index contributed by atoms with van der Waals surface area (Å²) < 4.78 is 0. The van der Waals surface area contributed by atoms with Crippen LogP contribution in [0.2, 0.25) is 0 Å². The molecule has 0 unspecified atom stereocenters. The van der Waals surface area contributed by atoms with Gasteiger partial charge in [0.25, 0.3) is 0 Å². The summed E-state index contributed by atoms with van der Waals surface area (Å²) in [5, 5.41) is 20.4. The average molecular weight is 436 g/mol. The number of benzene rings is 2. The first-order valence-electron chi connectivity index (χ1n) is 6.89. The molecule has 0 aliphatic heterocycles. The summed E-state index contributed by atoms with van der Waals surface area (Å²) in [6, 6.07) is 14.8. The quantitative estimate of drug-likeness (QED) is 0.643. The molecular weight excluding hydrogens is 418 g/mol. The second-order valence-electron chi connectivity index (χ2n) is 4.95. The van der Waals surface area contributed by atoms with E-state index < -0.39 is 11.9 Å². The second kappa shape index (κ2) is 11.5. The van der Waals surface area contributed by atoms with E-state index in [9.17, 15) is 19.8 Å². The minimum Gasteiger partial charge on any atom is -0.550 e. The number of rotatable bonds is 4. The van der Waals surface area contributed by atoms with Gasteiger partial charge in [0, 0.05) is 24.8 Å². The number of hydrogen-bond acceptors (Lipinski definition) is 4. The van der Waals surface area contributed by atoms with E-state index in [0.29, 0.717) is 0 Å². The van der Waals surface area contributed by atoms with Crippen LogP contribution < -0.4 is 10.2 Å². The van der Waals surface area contributed by atoms with Crippen molar-refractivity contribution in [3.05, 3.63) is 70.8 Å². The van der Waals surface area contributed by atoms with E-state index in [0.717, 1.165) is 22.3 Å². The van der Waals surface area contributed by atoms with Crippen molar-refractivity contribution >= 4 is 60.8 Å². The van der Waals surface area contributed by atoms with Crippen LogP contribution in [0.4, 0.5) is 0 Å². The van der Waals surface area contributed by atoms with Crippen LogP contribution in [0, 0.1) is 13.8 Å². The van der Waals surface area contributed by atoms with E-state index in [2.05, 4.69) is 0 Å². The molecule has 0 radical (unpaired) electrons. The Morgan fingerprint density at radius 3 is 1.30 bits per heavy atom. The third kappa shape index (κ3) is 8.98. The molecule has 2 rings (SSSR count). The number of hydrogen-bond donors (Lipinski definition) is 0. The summed E-state index contributed by atoms with van der Waals surface area (Å²) in [4.78, 5) is 20.4. The SMILES string of the molecule is Cc1ccccc1CC(=O)[O-].Cc1ccccc1CC(=O)[O-].[Ba+2]. The molecule has 0 saturated heterocycles. The normalized spacial score (nSPS) is 9.13. The molecule has 0 fully saturated rings. The molecule has 0 atom stereocenters. The summed E-state index contributed by atoms with van der Waals surface area (Å²) in [5.41, 5.74) is 3.65. The Balaban J connectivity index is 0.000000403. The third-order valence-electron chi connectivity index (χ3n) is 3.19. The zero-order valence-corrected chi connectivity index (χ0v) is 17.8. The predicted molar refractivity (Wildman–Crippen MR) is 85.5 cm³/mol. The van der Waals surface area contributed by atoms with Crippen molar-refractivity contribution in [3.8, 4) is 0 Å². The molecule has 4 nitrogen and oxygen atoms in total. The molecule has 0 aliphatic carbocycles. The van der Waals surface area contributed by atoms with E-state index in [4.69, 9.17) is 0 Å². The average Bonchev–Trinajstić information content (AvgIpc) is 2.44. The molecular formula is C18H18BaO4. The molecule has 0 aromatic heterocycles. The van der Waals surface area contributed by atoms with Crippen molar-refractivity contribution in [2.75, 3.05) is 0 Å². The Hall–Kier alpha value is -1.05. The Bertz CT molecular complexity index is 595. The zero-order chi connectivity index (χ0) is 16.5. The molecule has 2 aromatic rings. The molecule has 0 N–H and O–H groups in total. The number of carboxylic acids is 2. The molecule has 5 heteroatoms. The minimum absolute atomic E-state index is 0. The van der Waals surface area contributed by atoms with E-state index in [1.54, 1.807) is 12.1 Å². The van der Waals surface area contributed by atoms with Crippen molar-refractivity contribution in [2.45, 2.75) is 26.7 Å². The Morgan fingerprint density at radius 1 is 0.739 bits per heavy atom. The van der Waals surface area contributed by atoms with Gasteiger partial charge < -0.3 is 19.8 Å². The van der Waals surface area contributed by atoms with Crippen LogP contribution in [-0.2, 0) is 22.4 Å². The fourth-order valence-corrected chi connectivity index (χ4v) is 1.93. The number of aliphatic carboxylic acids is 2. The van der Waals surface area contributed by atoms with Gasteiger partial charge in [-0.3, -0.25) is 0 Å². The molecule has 2 aromatic carbocycles. The number of carbonyl (C=O) groups excluding carboxylic acids is 2. The maximum Gasteiger partial charge on any atom is 2.00 e. The molecule has 0 spiro atoms. The maximum absolute atomic E-state index is 10.2. The van der Waals surface area contributed by atoms with Crippen LogP contribution in [0.1, 0.15) is 22.3 Å². The first kappa shape index (κ1) is 22.0. The second-order valence-corrected chi connectivity index (χ2v) is 4.95. The van der Waals surface area contributed by atoms with Gasteiger partial charge in [0.05, 0.1) is 0 Å². The number of aryl methyl sites for hydroxylation is 2. The standard InChI is InChI=1S/2C9H10O2.Ba/c2*1-7-4-2-3-5-8(7)6-9(10)11;/h2*2-5H,6H2,1H3,(H,10,11);/q;;+2/p-2. The van der Waals surface area contributed by atoms with Crippen molar-refractivity contribution in [1.82, 2.24) is 0 Å². The number of carboxylic acid groups (broad SMARTS) is 2.